The van der Waals surface area contributed by atoms with Gasteiger partial charge < -0.3 is 10.0 Å². The molecule has 16 heavy (non-hydrogen) atoms. The summed E-state index contributed by atoms with van der Waals surface area (Å²) < 4.78 is 0. The SMILES string of the molecule is CC(C#N)CN(C)c1ccncc1C(=O)O. The zero-order chi connectivity index (χ0) is 12.1. The monoisotopic (exact) mass is 219 g/mol. The van der Waals surface area contributed by atoms with Gasteiger partial charge in [-0.25, -0.2) is 4.79 Å². The molecular formula is C11H13N3O2. The Morgan fingerprint density at radius 2 is 2.44 bits per heavy atom. The molecule has 0 saturated carbocycles. The van der Waals surface area contributed by atoms with E-state index in [9.17, 15) is 4.79 Å². The lowest BCUT2D eigenvalue weighted by Gasteiger charge is -2.21. The summed E-state index contributed by atoms with van der Waals surface area (Å²) in [5.41, 5.74) is 0.722. The minimum atomic E-state index is -1.01. The van der Waals surface area contributed by atoms with Crippen LogP contribution in [0, 0.1) is 17.2 Å². The van der Waals surface area contributed by atoms with Crippen LogP contribution in [0.25, 0.3) is 0 Å². The minimum absolute atomic E-state index is 0.148. The lowest BCUT2D eigenvalue weighted by molar-refractivity contribution is 0.0697. The predicted molar refractivity (Wildman–Crippen MR) is 59.2 cm³/mol. The molecule has 5 nitrogen and oxygen atoms in total. The van der Waals surface area contributed by atoms with E-state index in [1.54, 1.807) is 24.9 Å². The van der Waals surface area contributed by atoms with Crippen LogP contribution in [0.2, 0.25) is 0 Å². The van der Waals surface area contributed by atoms with Crippen LogP contribution >= 0.6 is 0 Å². The van der Waals surface area contributed by atoms with Crippen molar-refractivity contribution < 1.29 is 9.90 Å². The summed E-state index contributed by atoms with van der Waals surface area (Å²) in [6.45, 7) is 2.28. The molecule has 1 unspecified atom stereocenters. The summed E-state index contributed by atoms with van der Waals surface area (Å²) >= 11 is 0. The average Bonchev–Trinajstić information content (AvgIpc) is 2.28. The molecule has 1 rings (SSSR count). The van der Waals surface area contributed by atoms with E-state index in [1.807, 2.05) is 0 Å². The first-order chi connectivity index (χ1) is 7.56. The molecule has 5 heteroatoms. The van der Waals surface area contributed by atoms with Gasteiger partial charge in [-0.2, -0.15) is 5.26 Å². The maximum Gasteiger partial charge on any atom is 0.339 e. The van der Waals surface area contributed by atoms with Crippen molar-refractivity contribution in [1.82, 2.24) is 4.98 Å². The summed E-state index contributed by atoms with van der Waals surface area (Å²) in [7, 11) is 1.76. The summed E-state index contributed by atoms with van der Waals surface area (Å²) in [5, 5.41) is 17.7. The third-order valence-electron chi connectivity index (χ3n) is 2.21. The fraction of sp³-hybridized carbons (Fsp3) is 0.364. The molecule has 1 aromatic rings. The van der Waals surface area contributed by atoms with Crippen LogP contribution in [0.15, 0.2) is 18.5 Å². The van der Waals surface area contributed by atoms with E-state index in [2.05, 4.69) is 11.1 Å². The highest BCUT2D eigenvalue weighted by Crippen LogP contribution is 2.18. The Bertz CT molecular complexity index is 425. The first-order valence-corrected chi connectivity index (χ1v) is 4.84. The molecule has 0 bridgehead atoms. The number of aromatic carboxylic acids is 1. The molecule has 0 saturated heterocycles. The van der Waals surface area contributed by atoms with Gasteiger partial charge in [-0.15, -0.1) is 0 Å². The zero-order valence-electron chi connectivity index (χ0n) is 9.21. The van der Waals surface area contributed by atoms with Gasteiger partial charge >= 0.3 is 5.97 Å². The summed E-state index contributed by atoms with van der Waals surface area (Å²) in [5.74, 6) is -1.17. The van der Waals surface area contributed by atoms with E-state index in [4.69, 9.17) is 10.4 Å². The maximum atomic E-state index is 10.9. The Kier molecular flexibility index (Phi) is 3.84. The van der Waals surface area contributed by atoms with Crippen LogP contribution in [-0.4, -0.2) is 29.7 Å². The van der Waals surface area contributed by atoms with Crippen molar-refractivity contribution in [3.05, 3.63) is 24.0 Å². The number of hydrogen-bond donors (Lipinski definition) is 1. The van der Waals surface area contributed by atoms with E-state index in [-0.39, 0.29) is 11.5 Å². The number of carboxylic acid groups (broad SMARTS) is 1. The maximum absolute atomic E-state index is 10.9. The van der Waals surface area contributed by atoms with E-state index >= 15 is 0 Å². The van der Waals surface area contributed by atoms with Crippen molar-refractivity contribution in [1.29, 1.82) is 5.26 Å². The normalized spacial score (nSPS) is 11.6. The molecular weight excluding hydrogens is 206 g/mol. The number of carbonyl (C=O) groups is 1. The fourth-order valence-corrected chi connectivity index (χ4v) is 1.43. The second kappa shape index (κ2) is 5.12. The van der Waals surface area contributed by atoms with Gasteiger partial charge in [0, 0.05) is 26.0 Å². The van der Waals surface area contributed by atoms with Crippen LogP contribution in [0.1, 0.15) is 17.3 Å². The quantitative estimate of drug-likeness (QED) is 0.827. The van der Waals surface area contributed by atoms with Crippen molar-refractivity contribution in [3.8, 4) is 6.07 Å². The van der Waals surface area contributed by atoms with Gasteiger partial charge in [0.2, 0.25) is 0 Å². The molecule has 0 aromatic carbocycles. The Labute approximate surface area is 93.9 Å². The smallest absolute Gasteiger partial charge is 0.339 e. The van der Waals surface area contributed by atoms with E-state index in [0.717, 1.165) is 0 Å². The van der Waals surface area contributed by atoms with Crippen LogP contribution in [0.4, 0.5) is 5.69 Å². The van der Waals surface area contributed by atoms with Crippen LogP contribution in [0.3, 0.4) is 0 Å². The average molecular weight is 219 g/mol. The number of nitriles is 1. The summed E-state index contributed by atoms with van der Waals surface area (Å²) in [4.78, 5) is 16.5. The molecule has 1 heterocycles. The van der Waals surface area contributed by atoms with Crippen LogP contribution < -0.4 is 4.90 Å². The molecule has 0 spiro atoms. The van der Waals surface area contributed by atoms with E-state index in [1.165, 1.54) is 12.4 Å². The number of hydrogen-bond acceptors (Lipinski definition) is 4. The van der Waals surface area contributed by atoms with Crippen LogP contribution in [0.5, 0.6) is 0 Å². The molecule has 1 N–H and O–H groups in total. The molecule has 0 aliphatic rings. The van der Waals surface area contributed by atoms with E-state index in [0.29, 0.717) is 12.2 Å². The second-order valence-corrected chi connectivity index (χ2v) is 3.61. The van der Waals surface area contributed by atoms with Gasteiger partial charge in [0.1, 0.15) is 5.56 Å². The van der Waals surface area contributed by atoms with Gasteiger partial charge in [-0.05, 0) is 13.0 Å². The Hall–Kier alpha value is -2.09. The first-order valence-electron chi connectivity index (χ1n) is 4.84. The number of anilines is 1. The molecule has 1 atom stereocenters. The highest BCUT2D eigenvalue weighted by molar-refractivity contribution is 5.93. The zero-order valence-corrected chi connectivity index (χ0v) is 9.21. The van der Waals surface area contributed by atoms with Gasteiger partial charge in [0.15, 0.2) is 0 Å². The molecule has 0 aliphatic heterocycles. The molecule has 0 fully saturated rings. The van der Waals surface area contributed by atoms with Crippen LogP contribution in [-0.2, 0) is 0 Å². The van der Waals surface area contributed by atoms with Gasteiger partial charge in [0.25, 0.3) is 0 Å². The molecule has 84 valence electrons. The molecule has 1 aromatic heterocycles. The van der Waals surface area contributed by atoms with Crippen molar-refractivity contribution in [2.24, 2.45) is 5.92 Å². The highest BCUT2D eigenvalue weighted by atomic mass is 16.4. The topological polar surface area (TPSA) is 77.2 Å². The van der Waals surface area contributed by atoms with Crippen molar-refractivity contribution >= 4 is 11.7 Å². The summed E-state index contributed by atoms with van der Waals surface area (Å²) in [6, 6.07) is 3.74. The molecule has 0 amide bonds. The largest absolute Gasteiger partial charge is 0.478 e. The fourth-order valence-electron chi connectivity index (χ4n) is 1.43. The lowest BCUT2D eigenvalue weighted by atomic mass is 10.1. The standard InChI is InChI=1S/C11H13N3O2/c1-8(5-12)7-14(2)10-3-4-13-6-9(10)11(15)16/h3-4,6,8H,7H2,1-2H3,(H,15,16). The number of rotatable bonds is 4. The Morgan fingerprint density at radius 1 is 1.75 bits per heavy atom. The Morgan fingerprint density at radius 3 is 3.00 bits per heavy atom. The minimum Gasteiger partial charge on any atom is -0.478 e. The predicted octanol–water partition coefficient (Wildman–Crippen LogP) is 1.38. The third-order valence-corrected chi connectivity index (χ3v) is 2.21. The number of pyridine rings is 1. The van der Waals surface area contributed by atoms with Crippen molar-refractivity contribution in [2.75, 3.05) is 18.5 Å². The third kappa shape index (κ3) is 2.70. The van der Waals surface area contributed by atoms with Gasteiger partial charge in [0.05, 0.1) is 17.7 Å². The molecule has 0 radical (unpaired) electrons. The highest BCUT2D eigenvalue weighted by Gasteiger charge is 2.14. The number of aromatic nitrogens is 1. The Balaban J connectivity index is 2.95. The van der Waals surface area contributed by atoms with Gasteiger partial charge in [-0.3, -0.25) is 4.98 Å². The summed E-state index contributed by atoms with van der Waals surface area (Å²) in [6.07, 6.45) is 2.85. The number of nitrogens with zero attached hydrogens (tertiary/aromatic N) is 3. The first kappa shape index (κ1) is 12.0. The van der Waals surface area contributed by atoms with Crippen molar-refractivity contribution in [3.63, 3.8) is 0 Å². The lowest BCUT2D eigenvalue weighted by Crippen LogP contribution is -2.25. The molecule has 0 aliphatic carbocycles. The van der Waals surface area contributed by atoms with E-state index < -0.39 is 5.97 Å². The van der Waals surface area contributed by atoms with Crippen molar-refractivity contribution in [2.45, 2.75) is 6.92 Å². The second-order valence-electron chi connectivity index (χ2n) is 3.61. The van der Waals surface area contributed by atoms with Gasteiger partial charge in [-0.1, -0.05) is 0 Å². The number of carboxylic acids is 1.